The molecule has 2 aliphatic rings. The zero-order valence-electron chi connectivity index (χ0n) is 14.4. The number of nitrogens with one attached hydrogen (secondary N) is 1. The fraction of sp³-hybridized carbons (Fsp3) is 0.667. The molecule has 2 atom stereocenters. The van der Waals surface area contributed by atoms with Crippen LogP contribution in [0.3, 0.4) is 0 Å². The first-order valence-electron chi connectivity index (χ1n) is 8.96. The van der Waals surface area contributed by atoms with E-state index in [-0.39, 0.29) is 11.8 Å². The highest BCUT2D eigenvalue weighted by atomic mass is 16.3. The van der Waals surface area contributed by atoms with Gasteiger partial charge in [-0.15, -0.1) is 0 Å². The molecular formula is C18H27N3O3. The fourth-order valence-electron chi connectivity index (χ4n) is 3.65. The van der Waals surface area contributed by atoms with Gasteiger partial charge in [0.1, 0.15) is 0 Å². The van der Waals surface area contributed by atoms with Gasteiger partial charge < -0.3 is 19.5 Å². The maximum atomic E-state index is 12.5. The summed E-state index contributed by atoms with van der Waals surface area (Å²) < 4.78 is 5.16. The average Bonchev–Trinajstić information content (AvgIpc) is 3.16. The van der Waals surface area contributed by atoms with Gasteiger partial charge in [-0.3, -0.25) is 9.59 Å². The summed E-state index contributed by atoms with van der Waals surface area (Å²) >= 11 is 0. The lowest BCUT2D eigenvalue weighted by Gasteiger charge is -2.36. The van der Waals surface area contributed by atoms with Crippen LogP contribution >= 0.6 is 0 Å². The minimum atomic E-state index is -0.0891. The molecule has 0 aliphatic carbocycles. The summed E-state index contributed by atoms with van der Waals surface area (Å²) in [6.07, 6.45) is 4.54. The SMILES string of the molecule is CC(CC(=O)N1CCN(C(=O)c2ccco2)CC1)C1CCCNC1. The number of piperidine rings is 1. The minimum Gasteiger partial charge on any atom is -0.459 e. The van der Waals surface area contributed by atoms with E-state index in [4.69, 9.17) is 4.42 Å². The molecule has 2 saturated heterocycles. The predicted molar refractivity (Wildman–Crippen MR) is 90.6 cm³/mol. The van der Waals surface area contributed by atoms with Crippen molar-refractivity contribution in [3.63, 3.8) is 0 Å². The normalized spacial score (nSPS) is 23.1. The quantitative estimate of drug-likeness (QED) is 0.909. The highest BCUT2D eigenvalue weighted by molar-refractivity contribution is 5.91. The number of hydrogen-bond donors (Lipinski definition) is 1. The molecule has 6 heteroatoms. The molecule has 6 nitrogen and oxygen atoms in total. The van der Waals surface area contributed by atoms with Gasteiger partial charge in [0.25, 0.3) is 5.91 Å². The second-order valence-electron chi connectivity index (χ2n) is 6.94. The number of hydrogen-bond acceptors (Lipinski definition) is 4. The van der Waals surface area contributed by atoms with Crippen LogP contribution in [-0.2, 0) is 4.79 Å². The van der Waals surface area contributed by atoms with Crippen molar-refractivity contribution in [1.82, 2.24) is 15.1 Å². The Bertz CT molecular complexity index is 544. The van der Waals surface area contributed by atoms with Crippen LogP contribution in [0.1, 0.15) is 36.7 Å². The number of amides is 2. The Morgan fingerprint density at radius 3 is 2.67 bits per heavy atom. The molecule has 1 aromatic heterocycles. The molecule has 1 aromatic rings. The van der Waals surface area contributed by atoms with Gasteiger partial charge in [0.2, 0.25) is 5.91 Å². The second kappa shape index (κ2) is 7.83. The highest BCUT2D eigenvalue weighted by Crippen LogP contribution is 2.23. The fourth-order valence-corrected chi connectivity index (χ4v) is 3.65. The summed E-state index contributed by atoms with van der Waals surface area (Å²) in [4.78, 5) is 28.4. The van der Waals surface area contributed by atoms with Crippen LogP contribution in [0, 0.1) is 11.8 Å². The molecule has 2 unspecified atom stereocenters. The maximum absolute atomic E-state index is 12.5. The second-order valence-corrected chi connectivity index (χ2v) is 6.94. The van der Waals surface area contributed by atoms with Crippen molar-refractivity contribution in [2.45, 2.75) is 26.2 Å². The summed E-state index contributed by atoms with van der Waals surface area (Å²) in [6, 6.07) is 3.40. The predicted octanol–water partition coefficient (Wildman–Crippen LogP) is 1.59. The molecule has 0 radical (unpaired) electrons. The van der Waals surface area contributed by atoms with Crippen LogP contribution in [-0.4, -0.2) is 60.9 Å². The van der Waals surface area contributed by atoms with Crippen LogP contribution < -0.4 is 5.32 Å². The standard InChI is InChI=1S/C18H27N3O3/c1-14(15-4-2-6-19-13-15)12-17(22)20-7-9-21(10-8-20)18(23)16-5-3-11-24-16/h3,5,11,14-15,19H,2,4,6-10,12-13H2,1H3. The summed E-state index contributed by atoms with van der Waals surface area (Å²) in [5.74, 6) is 1.51. The van der Waals surface area contributed by atoms with E-state index < -0.39 is 0 Å². The van der Waals surface area contributed by atoms with Crippen molar-refractivity contribution in [3.8, 4) is 0 Å². The van der Waals surface area contributed by atoms with Crippen LogP contribution in [0.4, 0.5) is 0 Å². The Morgan fingerprint density at radius 2 is 2.04 bits per heavy atom. The van der Waals surface area contributed by atoms with E-state index in [0.29, 0.717) is 50.2 Å². The lowest BCUT2D eigenvalue weighted by Crippen LogP contribution is -2.51. The molecular weight excluding hydrogens is 306 g/mol. The molecule has 2 fully saturated rings. The number of furan rings is 1. The van der Waals surface area contributed by atoms with Gasteiger partial charge >= 0.3 is 0 Å². The van der Waals surface area contributed by atoms with Crippen LogP contribution in [0.2, 0.25) is 0 Å². The number of rotatable bonds is 4. The molecule has 0 saturated carbocycles. The minimum absolute atomic E-state index is 0.0891. The van der Waals surface area contributed by atoms with Gasteiger partial charge in [0.05, 0.1) is 6.26 Å². The number of carbonyl (C=O) groups excluding carboxylic acids is 2. The van der Waals surface area contributed by atoms with Crippen molar-refractivity contribution in [2.24, 2.45) is 11.8 Å². The molecule has 132 valence electrons. The largest absolute Gasteiger partial charge is 0.459 e. The third-order valence-corrected chi connectivity index (χ3v) is 5.29. The first-order valence-corrected chi connectivity index (χ1v) is 8.96. The average molecular weight is 333 g/mol. The highest BCUT2D eigenvalue weighted by Gasteiger charge is 2.28. The van der Waals surface area contributed by atoms with E-state index in [2.05, 4.69) is 12.2 Å². The van der Waals surface area contributed by atoms with Gasteiger partial charge in [-0.2, -0.15) is 0 Å². The van der Waals surface area contributed by atoms with Crippen molar-refractivity contribution in [1.29, 1.82) is 0 Å². The van der Waals surface area contributed by atoms with Crippen LogP contribution in [0.5, 0.6) is 0 Å². The third kappa shape index (κ3) is 3.98. The molecule has 0 spiro atoms. The molecule has 0 aromatic carbocycles. The Balaban J connectivity index is 1.45. The van der Waals surface area contributed by atoms with E-state index in [0.717, 1.165) is 13.1 Å². The maximum Gasteiger partial charge on any atom is 0.289 e. The number of carbonyl (C=O) groups is 2. The Hall–Kier alpha value is -1.82. The first kappa shape index (κ1) is 17.0. The summed E-state index contributed by atoms with van der Waals surface area (Å²) in [7, 11) is 0. The van der Waals surface area contributed by atoms with Gasteiger partial charge in [0, 0.05) is 32.6 Å². The molecule has 1 N–H and O–H groups in total. The first-order chi connectivity index (χ1) is 11.6. The third-order valence-electron chi connectivity index (χ3n) is 5.29. The topological polar surface area (TPSA) is 65.8 Å². The Labute approximate surface area is 143 Å². The van der Waals surface area contributed by atoms with Crippen molar-refractivity contribution in [2.75, 3.05) is 39.3 Å². The van der Waals surface area contributed by atoms with Gasteiger partial charge in [0.15, 0.2) is 5.76 Å². The van der Waals surface area contributed by atoms with Crippen LogP contribution in [0.25, 0.3) is 0 Å². The Kier molecular flexibility index (Phi) is 5.56. The summed E-state index contributed by atoms with van der Waals surface area (Å²) in [5, 5.41) is 3.42. The lowest BCUT2D eigenvalue weighted by molar-refractivity contribution is -0.134. The molecule has 2 aliphatic heterocycles. The molecule has 0 bridgehead atoms. The van der Waals surface area contributed by atoms with E-state index >= 15 is 0 Å². The zero-order chi connectivity index (χ0) is 16.9. The van der Waals surface area contributed by atoms with Gasteiger partial charge in [-0.1, -0.05) is 6.92 Å². The molecule has 24 heavy (non-hydrogen) atoms. The van der Waals surface area contributed by atoms with Crippen LogP contribution in [0.15, 0.2) is 22.8 Å². The monoisotopic (exact) mass is 333 g/mol. The van der Waals surface area contributed by atoms with E-state index in [1.807, 2.05) is 4.90 Å². The molecule has 3 rings (SSSR count). The Morgan fingerprint density at radius 1 is 1.29 bits per heavy atom. The van der Waals surface area contributed by atoms with Crippen molar-refractivity contribution < 1.29 is 14.0 Å². The molecule has 3 heterocycles. The summed E-state index contributed by atoms with van der Waals surface area (Å²) in [6.45, 7) is 6.69. The number of piperazine rings is 1. The van der Waals surface area contributed by atoms with Gasteiger partial charge in [-0.25, -0.2) is 0 Å². The molecule has 2 amide bonds. The number of nitrogens with zero attached hydrogens (tertiary/aromatic N) is 2. The van der Waals surface area contributed by atoms with E-state index in [1.165, 1.54) is 19.1 Å². The van der Waals surface area contributed by atoms with Crippen molar-refractivity contribution in [3.05, 3.63) is 24.2 Å². The van der Waals surface area contributed by atoms with E-state index in [1.54, 1.807) is 17.0 Å². The smallest absolute Gasteiger partial charge is 0.289 e. The zero-order valence-corrected chi connectivity index (χ0v) is 14.4. The van der Waals surface area contributed by atoms with Gasteiger partial charge in [-0.05, 0) is 49.9 Å². The lowest BCUT2D eigenvalue weighted by atomic mass is 9.85. The summed E-state index contributed by atoms with van der Waals surface area (Å²) in [5.41, 5.74) is 0. The van der Waals surface area contributed by atoms with Crippen molar-refractivity contribution >= 4 is 11.8 Å². The van der Waals surface area contributed by atoms with E-state index in [9.17, 15) is 9.59 Å².